The number of aliphatic hydroxyl groups is 1. The molecule has 0 aliphatic carbocycles. The number of hydrogen-bond acceptors (Lipinski definition) is 2. The van der Waals surface area contributed by atoms with Crippen molar-refractivity contribution < 1.29 is 5.11 Å². The van der Waals surface area contributed by atoms with E-state index in [1.165, 1.54) is 25.9 Å². The van der Waals surface area contributed by atoms with Crippen LogP contribution >= 0.6 is 0 Å². The van der Waals surface area contributed by atoms with Gasteiger partial charge in [-0.1, -0.05) is 11.8 Å². The van der Waals surface area contributed by atoms with Crippen LogP contribution in [-0.2, 0) is 0 Å². The number of nitrogens with zero attached hydrogens (tertiary/aromatic N) is 1. The highest BCUT2D eigenvalue weighted by Gasteiger charge is 2.08. The lowest BCUT2D eigenvalue weighted by Crippen LogP contribution is -2.19. The quantitative estimate of drug-likeness (QED) is 0.520. The molecular weight excluding hydrogens is 126 g/mol. The SMILES string of the molecule is OCC#CCN1CCCC1. The lowest BCUT2D eigenvalue weighted by molar-refractivity contribution is 0.349. The molecule has 0 aromatic carbocycles. The first-order chi connectivity index (χ1) is 4.93. The first-order valence-electron chi connectivity index (χ1n) is 3.72. The van der Waals surface area contributed by atoms with Crippen molar-refractivity contribution in [3.63, 3.8) is 0 Å². The second-order valence-corrected chi connectivity index (χ2v) is 2.49. The first-order valence-corrected chi connectivity index (χ1v) is 3.72. The van der Waals surface area contributed by atoms with Gasteiger partial charge in [-0.15, -0.1) is 0 Å². The summed E-state index contributed by atoms with van der Waals surface area (Å²) in [5.41, 5.74) is 0. The molecule has 0 aromatic heterocycles. The van der Waals surface area contributed by atoms with Gasteiger partial charge in [-0.05, 0) is 25.9 Å². The van der Waals surface area contributed by atoms with Gasteiger partial charge in [0.2, 0.25) is 0 Å². The molecule has 1 saturated heterocycles. The summed E-state index contributed by atoms with van der Waals surface area (Å²) >= 11 is 0. The molecule has 1 aliphatic heterocycles. The van der Waals surface area contributed by atoms with Gasteiger partial charge in [0.15, 0.2) is 0 Å². The Balaban J connectivity index is 2.12. The van der Waals surface area contributed by atoms with Gasteiger partial charge in [-0.25, -0.2) is 0 Å². The fraction of sp³-hybridized carbons (Fsp3) is 0.750. The van der Waals surface area contributed by atoms with E-state index in [1.54, 1.807) is 0 Å². The lowest BCUT2D eigenvalue weighted by Gasteiger charge is -2.08. The van der Waals surface area contributed by atoms with Crippen molar-refractivity contribution in [3.8, 4) is 11.8 Å². The van der Waals surface area contributed by atoms with Gasteiger partial charge in [-0.2, -0.15) is 0 Å². The van der Waals surface area contributed by atoms with Gasteiger partial charge in [0.05, 0.1) is 6.54 Å². The summed E-state index contributed by atoms with van der Waals surface area (Å²) in [4.78, 5) is 2.31. The predicted molar refractivity (Wildman–Crippen MR) is 40.5 cm³/mol. The molecule has 0 saturated carbocycles. The van der Waals surface area contributed by atoms with Crippen molar-refractivity contribution in [2.45, 2.75) is 12.8 Å². The zero-order valence-electron chi connectivity index (χ0n) is 6.14. The zero-order chi connectivity index (χ0) is 7.23. The van der Waals surface area contributed by atoms with Crippen LogP contribution in [0.3, 0.4) is 0 Å². The molecular formula is C8H13NO. The largest absolute Gasteiger partial charge is 0.384 e. The van der Waals surface area contributed by atoms with Crippen LogP contribution in [0.4, 0.5) is 0 Å². The fourth-order valence-corrected chi connectivity index (χ4v) is 1.16. The van der Waals surface area contributed by atoms with Gasteiger partial charge >= 0.3 is 0 Å². The van der Waals surface area contributed by atoms with Crippen molar-refractivity contribution >= 4 is 0 Å². The minimum Gasteiger partial charge on any atom is -0.384 e. The Hall–Kier alpha value is -0.520. The van der Waals surface area contributed by atoms with Gasteiger partial charge in [-0.3, -0.25) is 4.90 Å². The normalized spacial score (nSPS) is 18.5. The van der Waals surface area contributed by atoms with Gasteiger partial charge in [0.25, 0.3) is 0 Å². The lowest BCUT2D eigenvalue weighted by atomic mass is 10.4. The van der Waals surface area contributed by atoms with Crippen LogP contribution in [0.15, 0.2) is 0 Å². The molecule has 0 spiro atoms. The molecule has 2 nitrogen and oxygen atoms in total. The zero-order valence-corrected chi connectivity index (χ0v) is 6.14. The van der Waals surface area contributed by atoms with Crippen molar-refractivity contribution in [2.75, 3.05) is 26.2 Å². The Kier molecular flexibility index (Phi) is 3.28. The average Bonchev–Trinajstić information content (AvgIpc) is 2.41. The second kappa shape index (κ2) is 4.32. The van der Waals surface area contributed by atoms with Crippen LogP contribution in [0.5, 0.6) is 0 Å². The van der Waals surface area contributed by atoms with E-state index < -0.39 is 0 Å². The summed E-state index contributed by atoms with van der Waals surface area (Å²) < 4.78 is 0. The van der Waals surface area contributed by atoms with Gasteiger partial charge in [0, 0.05) is 0 Å². The first kappa shape index (κ1) is 7.59. The third-order valence-corrected chi connectivity index (χ3v) is 1.71. The maximum Gasteiger partial charge on any atom is 0.104 e. The summed E-state index contributed by atoms with van der Waals surface area (Å²) in [6, 6.07) is 0. The smallest absolute Gasteiger partial charge is 0.104 e. The van der Waals surface area contributed by atoms with Crippen LogP contribution < -0.4 is 0 Å². The Bertz CT molecular complexity index is 139. The molecule has 56 valence electrons. The summed E-state index contributed by atoms with van der Waals surface area (Å²) in [6.45, 7) is 3.19. The van der Waals surface area contributed by atoms with Crippen LogP contribution in [0.1, 0.15) is 12.8 Å². The minimum atomic E-state index is -0.00611. The highest BCUT2D eigenvalue weighted by atomic mass is 16.2. The molecule has 0 atom stereocenters. The molecule has 1 N–H and O–H groups in total. The van der Waals surface area contributed by atoms with Crippen LogP contribution in [0.25, 0.3) is 0 Å². The molecule has 0 unspecified atom stereocenters. The van der Waals surface area contributed by atoms with E-state index in [0.29, 0.717) is 0 Å². The van der Waals surface area contributed by atoms with Crippen LogP contribution in [-0.4, -0.2) is 36.2 Å². The Morgan fingerprint density at radius 3 is 2.50 bits per heavy atom. The maximum atomic E-state index is 8.35. The van der Waals surface area contributed by atoms with Gasteiger partial charge in [0.1, 0.15) is 6.61 Å². The molecule has 1 rings (SSSR count). The molecule has 0 radical (unpaired) electrons. The fourth-order valence-electron chi connectivity index (χ4n) is 1.16. The maximum absolute atomic E-state index is 8.35. The topological polar surface area (TPSA) is 23.5 Å². The van der Waals surface area contributed by atoms with Crippen LogP contribution in [0.2, 0.25) is 0 Å². The summed E-state index contributed by atoms with van der Waals surface area (Å²) in [6.07, 6.45) is 2.61. The number of aliphatic hydroxyl groups excluding tert-OH is 1. The summed E-state index contributed by atoms with van der Waals surface area (Å²) in [5.74, 6) is 5.54. The molecule has 10 heavy (non-hydrogen) atoms. The predicted octanol–water partition coefficient (Wildman–Crippen LogP) is 0.0779. The molecule has 1 fully saturated rings. The number of rotatable bonds is 1. The molecule has 1 heterocycles. The van der Waals surface area contributed by atoms with Crippen molar-refractivity contribution in [1.82, 2.24) is 4.90 Å². The van der Waals surface area contributed by atoms with Gasteiger partial charge < -0.3 is 5.11 Å². The summed E-state index contributed by atoms with van der Waals surface area (Å²) in [5, 5.41) is 8.35. The third-order valence-electron chi connectivity index (χ3n) is 1.71. The highest BCUT2D eigenvalue weighted by molar-refractivity contribution is 5.01. The molecule has 0 aromatic rings. The average molecular weight is 139 g/mol. The second-order valence-electron chi connectivity index (χ2n) is 2.49. The molecule has 1 aliphatic rings. The Morgan fingerprint density at radius 1 is 1.20 bits per heavy atom. The van der Waals surface area contributed by atoms with Crippen LogP contribution in [0, 0.1) is 11.8 Å². The Labute approximate surface area is 61.8 Å². The number of likely N-dealkylation sites (tertiary alicyclic amines) is 1. The van der Waals surface area contributed by atoms with Crippen molar-refractivity contribution in [1.29, 1.82) is 0 Å². The van der Waals surface area contributed by atoms with Crippen molar-refractivity contribution in [3.05, 3.63) is 0 Å². The number of hydrogen-bond donors (Lipinski definition) is 1. The van der Waals surface area contributed by atoms with E-state index in [1.807, 2.05) is 0 Å². The summed E-state index contributed by atoms with van der Waals surface area (Å²) in [7, 11) is 0. The molecule has 0 amide bonds. The highest BCUT2D eigenvalue weighted by Crippen LogP contribution is 2.05. The molecule has 2 heteroatoms. The van der Waals surface area contributed by atoms with E-state index in [4.69, 9.17) is 5.11 Å². The van der Waals surface area contributed by atoms with Crippen molar-refractivity contribution in [2.24, 2.45) is 0 Å². The monoisotopic (exact) mass is 139 g/mol. The third kappa shape index (κ3) is 2.38. The van der Waals surface area contributed by atoms with E-state index in [-0.39, 0.29) is 6.61 Å². The van der Waals surface area contributed by atoms with E-state index in [9.17, 15) is 0 Å². The molecule has 0 bridgehead atoms. The van der Waals surface area contributed by atoms with E-state index in [2.05, 4.69) is 16.7 Å². The van der Waals surface area contributed by atoms with E-state index >= 15 is 0 Å². The Morgan fingerprint density at radius 2 is 1.90 bits per heavy atom. The standard InChI is InChI=1S/C8H13NO/c10-8-4-3-7-9-5-1-2-6-9/h10H,1-2,5-8H2. The minimum absolute atomic E-state index is 0.00611. The van der Waals surface area contributed by atoms with E-state index in [0.717, 1.165) is 6.54 Å².